The van der Waals surface area contributed by atoms with Crippen LogP contribution in [-0.2, 0) is 0 Å². The SMILES string of the molecule is COc1ccccc1N=C(C)/C=C(/C)Nc1ccccc1OC. The molecule has 1 N–H and O–H groups in total. The van der Waals surface area contributed by atoms with Crippen LogP contribution in [0.3, 0.4) is 0 Å². The maximum atomic E-state index is 5.34. The number of para-hydroxylation sites is 4. The van der Waals surface area contributed by atoms with Gasteiger partial charge in [0.2, 0.25) is 0 Å². The van der Waals surface area contributed by atoms with E-state index in [1.165, 1.54) is 0 Å². The average Bonchev–Trinajstić information content (AvgIpc) is 2.55. The standard InChI is InChI=1S/C19H22N2O2/c1-14(20-16-9-5-7-11-18(16)22-3)13-15(2)21-17-10-6-8-12-19(17)23-4/h5-13,20H,1-4H3/b14-13-,21-15?. The summed E-state index contributed by atoms with van der Waals surface area (Å²) >= 11 is 0. The van der Waals surface area contributed by atoms with Crippen molar-refractivity contribution in [3.8, 4) is 11.5 Å². The molecule has 0 aliphatic carbocycles. The van der Waals surface area contributed by atoms with Gasteiger partial charge >= 0.3 is 0 Å². The van der Waals surface area contributed by atoms with Crippen molar-refractivity contribution in [3.05, 3.63) is 60.3 Å². The summed E-state index contributed by atoms with van der Waals surface area (Å²) in [6, 6.07) is 15.5. The molecular formula is C19H22N2O2. The molecule has 120 valence electrons. The predicted molar refractivity (Wildman–Crippen MR) is 96.1 cm³/mol. The van der Waals surface area contributed by atoms with Crippen LogP contribution in [0.15, 0.2) is 65.3 Å². The summed E-state index contributed by atoms with van der Waals surface area (Å²) < 4.78 is 10.7. The third kappa shape index (κ3) is 4.61. The molecule has 0 aromatic heterocycles. The number of hydrogen-bond acceptors (Lipinski definition) is 4. The van der Waals surface area contributed by atoms with Crippen LogP contribution in [0.2, 0.25) is 0 Å². The highest BCUT2D eigenvalue weighted by Crippen LogP contribution is 2.27. The van der Waals surface area contributed by atoms with Crippen molar-refractivity contribution in [1.82, 2.24) is 0 Å². The molecule has 2 aromatic rings. The quantitative estimate of drug-likeness (QED) is 0.778. The van der Waals surface area contributed by atoms with E-state index in [0.29, 0.717) is 0 Å². The van der Waals surface area contributed by atoms with Gasteiger partial charge in [0, 0.05) is 11.4 Å². The first-order valence-electron chi connectivity index (χ1n) is 7.40. The smallest absolute Gasteiger partial charge is 0.144 e. The van der Waals surface area contributed by atoms with Crippen molar-refractivity contribution in [2.75, 3.05) is 19.5 Å². The maximum absolute atomic E-state index is 5.34. The summed E-state index contributed by atoms with van der Waals surface area (Å²) in [4.78, 5) is 4.60. The van der Waals surface area contributed by atoms with Crippen LogP contribution < -0.4 is 14.8 Å². The van der Waals surface area contributed by atoms with Gasteiger partial charge < -0.3 is 14.8 Å². The fourth-order valence-corrected chi connectivity index (χ4v) is 2.25. The Morgan fingerprint density at radius 1 is 0.913 bits per heavy atom. The second kappa shape index (κ2) is 8.03. The Hall–Kier alpha value is -2.75. The maximum Gasteiger partial charge on any atom is 0.144 e. The van der Waals surface area contributed by atoms with Gasteiger partial charge in [-0.3, -0.25) is 0 Å². The lowest BCUT2D eigenvalue weighted by Crippen LogP contribution is -2.00. The highest BCUT2D eigenvalue weighted by atomic mass is 16.5. The fraction of sp³-hybridized carbons (Fsp3) is 0.211. The van der Waals surface area contributed by atoms with E-state index in [4.69, 9.17) is 9.47 Å². The second-order valence-corrected chi connectivity index (χ2v) is 5.08. The van der Waals surface area contributed by atoms with Crippen molar-refractivity contribution in [2.24, 2.45) is 4.99 Å². The molecule has 0 saturated heterocycles. The van der Waals surface area contributed by atoms with E-state index in [0.717, 1.165) is 34.3 Å². The Bertz CT molecular complexity index is 721. The minimum atomic E-state index is 0.760. The van der Waals surface area contributed by atoms with Crippen molar-refractivity contribution >= 4 is 17.1 Å². The molecule has 0 unspecified atom stereocenters. The first-order chi connectivity index (χ1) is 11.1. The number of hydrogen-bond donors (Lipinski definition) is 1. The number of nitrogens with zero attached hydrogens (tertiary/aromatic N) is 1. The summed E-state index contributed by atoms with van der Waals surface area (Å²) in [5.41, 5.74) is 3.60. The van der Waals surface area contributed by atoms with Crippen LogP contribution in [0.4, 0.5) is 11.4 Å². The van der Waals surface area contributed by atoms with Crippen LogP contribution in [-0.4, -0.2) is 19.9 Å². The summed E-state index contributed by atoms with van der Waals surface area (Å²) in [6.07, 6.45) is 1.98. The number of anilines is 1. The van der Waals surface area contributed by atoms with Gasteiger partial charge in [-0.05, 0) is 44.2 Å². The molecule has 0 radical (unpaired) electrons. The zero-order valence-electron chi connectivity index (χ0n) is 14.0. The molecule has 0 bridgehead atoms. The molecule has 0 atom stereocenters. The summed E-state index contributed by atoms with van der Waals surface area (Å²) in [5.74, 6) is 1.56. The normalized spacial score (nSPS) is 12.0. The molecule has 0 spiro atoms. The van der Waals surface area contributed by atoms with Crippen LogP contribution in [0, 0.1) is 0 Å². The van der Waals surface area contributed by atoms with Crippen LogP contribution in [0.1, 0.15) is 13.8 Å². The largest absolute Gasteiger partial charge is 0.495 e. The third-order valence-corrected chi connectivity index (χ3v) is 3.25. The Balaban J connectivity index is 2.18. The van der Waals surface area contributed by atoms with E-state index in [1.807, 2.05) is 68.5 Å². The molecule has 23 heavy (non-hydrogen) atoms. The van der Waals surface area contributed by atoms with E-state index >= 15 is 0 Å². The van der Waals surface area contributed by atoms with E-state index in [1.54, 1.807) is 14.2 Å². The van der Waals surface area contributed by atoms with Crippen LogP contribution >= 0.6 is 0 Å². The van der Waals surface area contributed by atoms with Crippen LogP contribution in [0.5, 0.6) is 11.5 Å². The summed E-state index contributed by atoms with van der Waals surface area (Å²) in [6.45, 7) is 3.95. The van der Waals surface area contributed by atoms with Crippen molar-refractivity contribution in [3.63, 3.8) is 0 Å². The van der Waals surface area contributed by atoms with E-state index in [-0.39, 0.29) is 0 Å². The van der Waals surface area contributed by atoms with E-state index < -0.39 is 0 Å². The number of ether oxygens (including phenoxy) is 2. The number of aliphatic imine (C=N–C) groups is 1. The second-order valence-electron chi connectivity index (χ2n) is 5.08. The average molecular weight is 310 g/mol. The van der Waals surface area contributed by atoms with Gasteiger partial charge in [-0.15, -0.1) is 0 Å². The van der Waals surface area contributed by atoms with Crippen LogP contribution in [0.25, 0.3) is 0 Å². The summed E-state index contributed by atoms with van der Waals surface area (Å²) in [5, 5.41) is 3.33. The van der Waals surface area contributed by atoms with Crippen molar-refractivity contribution in [1.29, 1.82) is 0 Å². The molecule has 2 aromatic carbocycles. The van der Waals surface area contributed by atoms with Gasteiger partial charge in [-0.1, -0.05) is 24.3 Å². The molecule has 0 aliphatic rings. The predicted octanol–water partition coefficient (Wildman–Crippen LogP) is 4.81. The highest BCUT2D eigenvalue weighted by Gasteiger charge is 2.02. The van der Waals surface area contributed by atoms with Gasteiger partial charge in [0.15, 0.2) is 0 Å². The molecular weight excluding hydrogens is 288 g/mol. The lowest BCUT2D eigenvalue weighted by molar-refractivity contribution is 0.416. The van der Waals surface area contributed by atoms with Gasteiger partial charge in [0.05, 0.1) is 19.9 Å². The van der Waals surface area contributed by atoms with Crippen molar-refractivity contribution < 1.29 is 9.47 Å². The lowest BCUT2D eigenvalue weighted by Gasteiger charge is -2.11. The molecule has 0 fully saturated rings. The summed E-state index contributed by atoms with van der Waals surface area (Å²) in [7, 11) is 3.31. The van der Waals surface area contributed by atoms with Gasteiger partial charge in [-0.25, -0.2) is 4.99 Å². The topological polar surface area (TPSA) is 42.8 Å². The molecule has 2 rings (SSSR count). The molecule has 4 nitrogen and oxygen atoms in total. The third-order valence-electron chi connectivity index (χ3n) is 3.25. The number of rotatable bonds is 6. The molecule has 0 saturated carbocycles. The Kier molecular flexibility index (Phi) is 5.80. The Labute approximate surface area is 137 Å². The number of nitrogens with one attached hydrogen (secondary N) is 1. The fourth-order valence-electron chi connectivity index (χ4n) is 2.25. The monoisotopic (exact) mass is 310 g/mol. The highest BCUT2D eigenvalue weighted by molar-refractivity contribution is 5.96. The number of benzene rings is 2. The number of allylic oxidation sites excluding steroid dienone is 2. The van der Waals surface area contributed by atoms with Crippen molar-refractivity contribution in [2.45, 2.75) is 13.8 Å². The van der Waals surface area contributed by atoms with E-state index in [9.17, 15) is 0 Å². The zero-order valence-corrected chi connectivity index (χ0v) is 14.0. The first-order valence-corrected chi connectivity index (χ1v) is 7.40. The van der Waals surface area contributed by atoms with Gasteiger partial charge in [-0.2, -0.15) is 0 Å². The molecule has 0 aliphatic heterocycles. The lowest BCUT2D eigenvalue weighted by atomic mass is 10.2. The van der Waals surface area contributed by atoms with Gasteiger partial charge in [0.1, 0.15) is 17.2 Å². The molecule has 0 amide bonds. The molecule has 4 heteroatoms. The Morgan fingerprint density at radius 3 is 2.22 bits per heavy atom. The molecule has 0 heterocycles. The Morgan fingerprint density at radius 2 is 1.52 bits per heavy atom. The zero-order chi connectivity index (χ0) is 16.7. The van der Waals surface area contributed by atoms with E-state index in [2.05, 4.69) is 10.3 Å². The van der Waals surface area contributed by atoms with Gasteiger partial charge in [0.25, 0.3) is 0 Å². The minimum absolute atomic E-state index is 0.760. The number of methoxy groups -OCH3 is 2. The minimum Gasteiger partial charge on any atom is -0.495 e. The first kappa shape index (κ1) is 16.6.